The van der Waals surface area contributed by atoms with Gasteiger partial charge in [-0.15, -0.1) is 11.3 Å². The van der Waals surface area contributed by atoms with Gasteiger partial charge in [0.05, 0.1) is 5.69 Å². The van der Waals surface area contributed by atoms with Gasteiger partial charge in [-0.05, 0) is 18.6 Å². The topological polar surface area (TPSA) is 38.9 Å². The number of benzene rings is 1. The molecule has 0 radical (unpaired) electrons. The number of aromatic nitrogens is 1. The first-order valence-electron chi connectivity index (χ1n) is 4.62. The van der Waals surface area contributed by atoms with E-state index in [1.54, 1.807) is 0 Å². The van der Waals surface area contributed by atoms with Crippen molar-refractivity contribution in [3.63, 3.8) is 0 Å². The summed E-state index contributed by atoms with van der Waals surface area (Å²) in [6.07, 6.45) is 0.749. The predicted octanol–water partition coefficient (Wildman–Crippen LogP) is 3.28. The van der Waals surface area contributed by atoms with Gasteiger partial charge in [-0.2, -0.15) is 0 Å². The zero-order chi connectivity index (χ0) is 10.8. The van der Waals surface area contributed by atoms with Gasteiger partial charge < -0.3 is 5.73 Å². The van der Waals surface area contributed by atoms with E-state index < -0.39 is 0 Å². The van der Waals surface area contributed by atoms with Crippen LogP contribution in [0.25, 0.3) is 0 Å². The summed E-state index contributed by atoms with van der Waals surface area (Å²) >= 11 is 7.60. The Morgan fingerprint density at radius 3 is 2.73 bits per heavy atom. The smallest absolute Gasteiger partial charge is 0.180 e. The number of thiazole rings is 1. The highest BCUT2D eigenvalue weighted by Gasteiger charge is 2.07. The highest BCUT2D eigenvalue weighted by atomic mass is 35.5. The van der Waals surface area contributed by atoms with Crippen LogP contribution in [-0.4, -0.2) is 4.98 Å². The Balaban J connectivity index is 2.29. The molecule has 2 N–H and O–H groups in total. The first-order valence-corrected chi connectivity index (χ1v) is 5.81. The lowest BCUT2D eigenvalue weighted by Gasteiger charge is -2.01. The van der Waals surface area contributed by atoms with Gasteiger partial charge in [0, 0.05) is 16.3 Å². The third kappa shape index (κ3) is 2.30. The fraction of sp³-hybridized carbons (Fsp3) is 0.182. The van der Waals surface area contributed by atoms with Crippen molar-refractivity contribution in [1.82, 2.24) is 4.98 Å². The summed E-state index contributed by atoms with van der Waals surface area (Å²) in [5.74, 6) is 0. The molecule has 0 bridgehead atoms. The van der Waals surface area contributed by atoms with Crippen LogP contribution in [0.5, 0.6) is 0 Å². The highest BCUT2D eigenvalue weighted by molar-refractivity contribution is 7.15. The van der Waals surface area contributed by atoms with Crippen LogP contribution in [-0.2, 0) is 6.42 Å². The molecule has 0 fully saturated rings. The van der Waals surface area contributed by atoms with E-state index in [4.69, 9.17) is 17.3 Å². The van der Waals surface area contributed by atoms with Crippen LogP contribution >= 0.6 is 22.9 Å². The molecule has 78 valence electrons. The minimum absolute atomic E-state index is 0.620. The molecule has 0 saturated carbocycles. The minimum Gasteiger partial charge on any atom is -0.375 e. The van der Waals surface area contributed by atoms with Crippen molar-refractivity contribution >= 4 is 28.1 Å². The maximum Gasteiger partial charge on any atom is 0.180 e. The van der Waals surface area contributed by atoms with Crippen LogP contribution in [0.3, 0.4) is 0 Å². The summed E-state index contributed by atoms with van der Waals surface area (Å²) in [7, 11) is 0. The van der Waals surface area contributed by atoms with Gasteiger partial charge in [-0.3, -0.25) is 0 Å². The number of anilines is 1. The molecule has 0 amide bonds. The van der Waals surface area contributed by atoms with Crippen LogP contribution in [0.4, 0.5) is 5.13 Å². The Labute approximate surface area is 97.7 Å². The van der Waals surface area contributed by atoms with Crippen LogP contribution in [0.2, 0.25) is 5.02 Å². The molecule has 1 aromatic carbocycles. The van der Waals surface area contributed by atoms with E-state index in [-0.39, 0.29) is 0 Å². The van der Waals surface area contributed by atoms with E-state index >= 15 is 0 Å². The molecule has 0 aliphatic rings. The summed E-state index contributed by atoms with van der Waals surface area (Å²) in [4.78, 5) is 5.44. The fourth-order valence-corrected chi connectivity index (χ4v) is 2.34. The molecule has 0 unspecified atom stereocenters. The SMILES string of the molecule is Cc1sc(N)nc1Cc1ccccc1Cl. The minimum atomic E-state index is 0.620. The number of aryl methyl sites for hydroxylation is 1. The van der Waals surface area contributed by atoms with Crippen molar-refractivity contribution in [3.05, 3.63) is 45.4 Å². The molecule has 0 saturated heterocycles. The summed E-state index contributed by atoms with van der Waals surface area (Å²) in [6.45, 7) is 2.03. The van der Waals surface area contributed by atoms with Crippen molar-refractivity contribution < 1.29 is 0 Å². The Morgan fingerprint density at radius 2 is 2.13 bits per heavy atom. The number of halogens is 1. The van der Waals surface area contributed by atoms with Crippen LogP contribution in [0.15, 0.2) is 24.3 Å². The number of nitrogen functional groups attached to an aromatic ring is 1. The summed E-state index contributed by atoms with van der Waals surface area (Å²) in [6, 6.07) is 7.81. The lowest BCUT2D eigenvalue weighted by atomic mass is 10.1. The Hall–Kier alpha value is -1.06. The Bertz CT molecular complexity index is 479. The number of nitrogens with zero attached hydrogens (tertiary/aromatic N) is 1. The number of hydrogen-bond donors (Lipinski definition) is 1. The molecule has 15 heavy (non-hydrogen) atoms. The maximum absolute atomic E-state index is 6.08. The average molecular weight is 239 g/mol. The van der Waals surface area contributed by atoms with Crippen molar-refractivity contribution in [2.75, 3.05) is 5.73 Å². The molecular formula is C11H11ClN2S. The van der Waals surface area contributed by atoms with Gasteiger partial charge in [0.15, 0.2) is 5.13 Å². The van der Waals surface area contributed by atoms with Gasteiger partial charge in [-0.1, -0.05) is 29.8 Å². The molecule has 0 atom stereocenters. The van der Waals surface area contributed by atoms with Crippen molar-refractivity contribution in [2.24, 2.45) is 0 Å². The van der Waals surface area contributed by atoms with E-state index in [0.717, 1.165) is 27.6 Å². The van der Waals surface area contributed by atoms with E-state index in [9.17, 15) is 0 Å². The standard InChI is InChI=1S/C11H11ClN2S/c1-7-10(14-11(13)15-7)6-8-4-2-3-5-9(8)12/h2-5H,6H2,1H3,(H2,13,14). The van der Waals surface area contributed by atoms with Gasteiger partial charge in [0.25, 0.3) is 0 Å². The Kier molecular flexibility index (Phi) is 2.93. The van der Waals surface area contributed by atoms with E-state index in [2.05, 4.69) is 4.98 Å². The largest absolute Gasteiger partial charge is 0.375 e. The fourth-order valence-electron chi connectivity index (χ4n) is 1.44. The lowest BCUT2D eigenvalue weighted by Crippen LogP contribution is -1.92. The van der Waals surface area contributed by atoms with Crippen LogP contribution < -0.4 is 5.73 Å². The number of rotatable bonds is 2. The summed E-state index contributed by atoms with van der Waals surface area (Å²) in [5.41, 5.74) is 7.75. The van der Waals surface area contributed by atoms with Gasteiger partial charge in [0.1, 0.15) is 0 Å². The molecule has 4 heteroatoms. The van der Waals surface area contributed by atoms with Gasteiger partial charge in [-0.25, -0.2) is 4.98 Å². The molecule has 0 spiro atoms. The number of nitrogens with two attached hydrogens (primary N) is 1. The molecule has 0 aliphatic heterocycles. The highest BCUT2D eigenvalue weighted by Crippen LogP contribution is 2.24. The zero-order valence-electron chi connectivity index (χ0n) is 8.33. The van der Waals surface area contributed by atoms with E-state index in [0.29, 0.717) is 5.13 Å². The van der Waals surface area contributed by atoms with E-state index in [1.807, 2.05) is 31.2 Å². The summed E-state index contributed by atoms with van der Waals surface area (Å²) < 4.78 is 0. The molecular weight excluding hydrogens is 228 g/mol. The maximum atomic E-state index is 6.08. The van der Waals surface area contributed by atoms with Crippen LogP contribution in [0.1, 0.15) is 16.1 Å². The molecule has 1 heterocycles. The molecule has 2 nitrogen and oxygen atoms in total. The monoisotopic (exact) mass is 238 g/mol. The predicted molar refractivity (Wildman–Crippen MR) is 65.5 cm³/mol. The Morgan fingerprint density at radius 1 is 1.40 bits per heavy atom. The quantitative estimate of drug-likeness (QED) is 0.872. The molecule has 0 aliphatic carbocycles. The van der Waals surface area contributed by atoms with Gasteiger partial charge >= 0.3 is 0 Å². The van der Waals surface area contributed by atoms with Crippen molar-refractivity contribution in [2.45, 2.75) is 13.3 Å². The first kappa shape index (κ1) is 10.5. The molecule has 1 aromatic heterocycles. The van der Waals surface area contributed by atoms with Crippen molar-refractivity contribution in [1.29, 1.82) is 0 Å². The second kappa shape index (κ2) is 4.21. The zero-order valence-corrected chi connectivity index (χ0v) is 9.90. The average Bonchev–Trinajstić information content (AvgIpc) is 2.49. The normalized spacial score (nSPS) is 10.5. The summed E-state index contributed by atoms with van der Waals surface area (Å²) in [5, 5.41) is 1.40. The second-order valence-corrected chi connectivity index (χ2v) is 4.97. The third-order valence-corrected chi connectivity index (χ3v) is 3.44. The second-order valence-electron chi connectivity index (χ2n) is 3.32. The molecule has 2 aromatic rings. The lowest BCUT2D eigenvalue weighted by molar-refractivity contribution is 1.09. The first-order chi connectivity index (χ1) is 7.16. The van der Waals surface area contributed by atoms with Gasteiger partial charge in [0.2, 0.25) is 0 Å². The van der Waals surface area contributed by atoms with Crippen molar-refractivity contribution in [3.8, 4) is 0 Å². The van der Waals surface area contributed by atoms with E-state index in [1.165, 1.54) is 11.3 Å². The molecule has 2 rings (SSSR count). The third-order valence-electron chi connectivity index (χ3n) is 2.22. The number of hydrogen-bond acceptors (Lipinski definition) is 3. The van der Waals surface area contributed by atoms with Crippen LogP contribution in [0, 0.1) is 6.92 Å².